The van der Waals surface area contributed by atoms with Crippen LogP contribution in [0, 0.1) is 0 Å². The Morgan fingerprint density at radius 2 is 1.50 bits per heavy atom. The van der Waals surface area contributed by atoms with E-state index in [1.165, 1.54) is 0 Å². The second kappa shape index (κ2) is 10.2. The fourth-order valence-electron chi connectivity index (χ4n) is 3.05. The molecule has 0 bridgehead atoms. The summed E-state index contributed by atoms with van der Waals surface area (Å²) in [7, 11) is 0. The van der Waals surface area contributed by atoms with Gasteiger partial charge in [-0.3, -0.25) is 0 Å². The van der Waals surface area contributed by atoms with Gasteiger partial charge in [0, 0.05) is 12.1 Å². The topological polar surface area (TPSA) is 84.6 Å². The highest BCUT2D eigenvalue weighted by molar-refractivity contribution is 5.68. The SMILES string of the molecule is CC(C)(C)OC(=O)NC(Cc1ccccc1)C[C@H](O)C(N)Cc1ccccc1. The second-order valence-electron chi connectivity index (χ2n) is 8.19. The van der Waals surface area contributed by atoms with E-state index in [4.69, 9.17) is 10.5 Å². The first kappa shape index (κ1) is 21.9. The van der Waals surface area contributed by atoms with Crippen LogP contribution in [0.2, 0.25) is 0 Å². The van der Waals surface area contributed by atoms with Gasteiger partial charge in [0.2, 0.25) is 0 Å². The largest absolute Gasteiger partial charge is 0.444 e. The highest BCUT2D eigenvalue weighted by atomic mass is 16.6. The Morgan fingerprint density at radius 1 is 1.00 bits per heavy atom. The summed E-state index contributed by atoms with van der Waals surface area (Å²) in [6.45, 7) is 5.47. The molecule has 2 rings (SSSR count). The highest BCUT2D eigenvalue weighted by Crippen LogP contribution is 2.14. The molecular weight excluding hydrogens is 352 g/mol. The fourth-order valence-corrected chi connectivity index (χ4v) is 3.05. The van der Waals surface area contributed by atoms with Crippen molar-refractivity contribution < 1.29 is 14.6 Å². The van der Waals surface area contributed by atoms with E-state index in [1.54, 1.807) is 0 Å². The van der Waals surface area contributed by atoms with Crippen molar-refractivity contribution in [3.63, 3.8) is 0 Å². The zero-order valence-corrected chi connectivity index (χ0v) is 17.0. The molecule has 0 saturated heterocycles. The molecule has 5 heteroatoms. The molecule has 2 unspecified atom stereocenters. The van der Waals surface area contributed by atoms with E-state index in [0.29, 0.717) is 19.3 Å². The van der Waals surface area contributed by atoms with E-state index in [0.717, 1.165) is 11.1 Å². The van der Waals surface area contributed by atoms with Gasteiger partial charge < -0.3 is 20.9 Å². The average molecular weight is 385 g/mol. The van der Waals surface area contributed by atoms with Crippen molar-refractivity contribution in [3.05, 3.63) is 71.8 Å². The zero-order valence-electron chi connectivity index (χ0n) is 17.0. The molecule has 0 spiro atoms. The van der Waals surface area contributed by atoms with Gasteiger partial charge in [0.25, 0.3) is 0 Å². The molecule has 5 nitrogen and oxygen atoms in total. The van der Waals surface area contributed by atoms with Crippen molar-refractivity contribution in [2.24, 2.45) is 5.73 Å². The molecule has 0 heterocycles. The standard InChI is InChI=1S/C23H32N2O3/c1-23(2,3)28-22(27)25-19(14-17-10-6-4-7-11-17)16-21(26)20(24)15-18-12-8-5-9-13-18/h4-13,19-21,26H,14-16,24H2,1-3H3,(H,25,27)/t19?,20?,21-/m0/s1. The maximum atomic E-state index is 12.3. The third-order valence-corrected chi connectivity index (χ3v) is 4.38. The van der Waals surface area contributed by atoms with Crippen molar-refractivity contribution in [3.8, 4) is 0 Å². The first-order valence-electron chi connectivity index (χ1n) is 9.74. The first-order chi connectivity index (χ1) is 13.2. The Balaban J connectivity index is 2.01. The number of alkyl carbamates (subject to hydrolysis) is 1. The predicted octanol–water partition coefficient (Wildman–Crippen LogP) is 3.44. The summed E-state index contributed by atoms with van der Waals surface area (Å²) in [5, 5.41) is 13.6. The highest BCUT2D eigenvalue weighted by Gasteiger charge is 2.24. The molecular formula is C23H32N2O3. The molecule has 4 N–H and O–H groups in total. The molecule has 2 aromatic carbocycles. The van der Waals surface area contributed by atoms with Gasteiger partial charge in [-0.2, -0.15) is 0 Å². The average Bonchev–Trinajstić information content (AvgIpc) is 2.61. The van der Waals surface area contributed by atoms with Gasteiger partial charge in [0.1, 0.15) is 5.60 Å². The summed E-state index contributed by atoms with van der Waals surface area (Å²) in [5.74, 6) is 0. The second-order valence-corrected chi connectivity index (χ2v) is 8.19. The number of aliphatic hydroxyl groups is 1. The lowest BCUT2D eigenvalue weighted by molar-refractivity contribution is 0.0475. The number of carbonyl (C=O) groups is 1. The Morgan fingerprint density at radius 3 is 2.00 bits per heavy atom. The number of benzene rings is 2. The number of ether oxygens (including phenoxy) is 1. The fraction of sp³-hybridized carbons (Fsp3) is 0.435. The quantitative estimate of drug-likeness (QED) is 0.651. The van der Waals surface area contributed by atoms with Crippen LogP contribution in [0.5, 0.6) is 0 Å². The van der Waals surface area contributed by atoms with Crippen molar-refractivity contribution in [1.29, 1.82) is 0 Å². The minimum atomic E-state index is -0.746. The molecule has 0 aliphatic heterocycles. The number of hydrogen-bond donors (Lipinski definition) is 3. The van der Waals surface area contributed by atoms with Crippen molar-refractivity contribution >= 4 is 6.09 Å². The molecule has 2 aromatic rings. The van der Waals surface area contributed by atoms with E-state index in [-0.39, 0.29) is 6.04 Å². The molecule has 152 valence electrons. The Bertz CT molecular complexity index is 714. The van der Waals surface area contributed by atoms with E-state index in [9.17, 15) is 9.90 Å². The van der Waals surface area contributed by atoms with Gasteiger partial charge in [0.15, 0.2) is 0 Å². The monoisotopic (exact) mass is 384 g/mol. The normalized spacial score (nSPS) is 14.8. The summed E-state index contributed by atoms with van der Waals surface area (Å²) in [6, 6.07) is 19.0. The molecule has 0 aliphatic rings. The molecule has 0 aliphatic carbocycles. The Kier molecular flexibility index (Phi) is 8.03. The van der Waals surface area contributed by atoms with Crippen LogP contribution in [0.4, 0.5) is 4.79 Å². The van der Waals surface area contributed by atoms with Crippen LogP contribution in [0.25, 0.3) is 0 Å². The maximum absolute atomic E-state index is 12.3. The lowest BCUT2D eigenvalue weighted by atomic mass is 9.94. The molecule has 3 atom stereocenters. The van der Waals surface area contributed by atoms with Gasteiger partial charge in [-0.05, 0) is 51.2 Å². The summed E-state index contributed by atoms with van der Waals surface area (Å²) >= 11 is 0. The smallest absolute Gasteiger partial charge is 0.407 e. The number of carbonyl (C=O) groups excluding carboxylic acids is 1. The summed E-state index contributed by atoms with van der Waals surface area (Å²) in [4.78, 5) is 12.3. The lowest BCUT2D eigenvalue weighted by Gasteiger charge is -2.27. The van der Waals surface area contributed by atoms with E-state index in [2.05, 4.69) is 5.32 Å². The zero-order chi connectivity index (χ0) is 20.6. The number of rotatable bonds is 8. The molecule has 1 amide bonds. The van der Waals surface area contributed by atoms with Crippen molar-refractivity contribution in [1.82, 2.24) is 5.32 Å². The lowest BCUT2D eigenvalue weighted by Crippen LogP contribution is -2.46. The van der Waals surface area contributed by atoms with Gasteiger partial charge >= 0.3 is 6.09 Å². The molecule has 0 saturated carbocycles. The number of nitrogens with two attached hydrogens (primary N) is 1. The minimum absolute atomic E-state index is 0.283. The molecule has 0 fully saturated rings. The third-order valence-electron chi connectivity index (χ3n) is 4.38. The van der Waals surface area contributed by atoms with Crippen LogP contribution in [0.3, 0.4) is 0 Å². The molecule has 0 aromatic heterocycles. The number of aliphatic hydroxyl groups excluding tert-OH is 1. The van der Waals surface area contributed by atoms with E-state index in [1.807, 2.05) is 81.4 Å². The molecule has 0 radical (unpaired) electrons. The predicted molar refractivity (Wildman–Crippen MR) is 112 cm³/mol. The maximum Gasteiger partial charge on any atom is 0.407 e. The van der Waals surface area contributed by atoms with Crippen LogP contribution in [-0.4, -0.2) is 35.0 Å². The third kappa shape index (κ3) is 8.11. The van der Waals surface area contributed by atoms with Gasteiger partial charge in [0.05, 0.1) is 6.10 Å². The van der Waals surface area contributed by atoms with Crippen molar-refractivity contribution in [2.45, 2.75) is 63.8 Å². The van der Waals surface area contributed by atoms with Crippen LogP contribution in [-0.2, 0) is 17.6 Å². The van der Waals surface area contributed by atoms with Gasteiger partial charge in [-0.1, -0.05) is 60.7 Å². The Labute approximate surface area is 167 Å². The summed E-state index contributed by atoms with van der Waals surface area (Å²) in [6.07, 6.45) is 0.283. The van der Waals surface area contributed by atoms with Crippen molar-refractivity contribution in [2.75, 3.05) is 0 Å². The number of hydrogen-bond acceptors (Lipinski definition) is 4. The summed E-state index contributed by atoms with van der Waals surface area (Å²) < 4.78 is 5.38. The number of amides is 1. The van der Waals surface area contributed by atoms with Crippen LogP contribution >= 0.6 is 0 Å². The van der Waals surface area contributed by atoms with Gasteiger partial charge in [-0.15, -0.1) is 0 Å². The number of nitrogens with one attached hydrogen (secondary N) is 1. The summed E-state index contributed by atoms with van der Waals surface area (Å²) in [5.41, 5.74) is 7.80. The minimum Gasteiger partial charge on any atom is -0.444 e. The van der Waals surface area contributed by atoms with E-state index < -0.39 is 23.8 Å². The first-order valence-corrected chi connectivity index (χ1v) is 9.74. The van der Waals surface area contributed by atoms with Crippen LogP contribution in [0.1, 0.15) is 38.3 Å². The molecule has 28 heavy (non-hydrogen) atoms. The Hall–Kier alpha value is -2.37. The van der Waals surface area contributed by atoms with Crippen LogP contribution in [0.15, 0.2) is 60.7 Å². The van der Waals surface area contributed by atoms with Crippen LogP contribution < -0.4 is 11.1 Å². The van der Waals surface area contributed by atoms with Gasteiger partial charge in [-0.25, -0.2) is 4.79 Å². The van der Waals surface area contributed by atoms with E-state index >= 15 is 0 Å².